The van der Waals surface area contributed by atoms with Crippen molar-refractivity contribution in [2.75, 3.05) is 19.6 Å². The van der Waals surface area contributed by atoms with Gasteiger partial charge in [0.1, 0.15) is 0 Å². The van der Waals surface area contributed by atoms with E-state index in [2.05, 4.69) is 10.2 Å². The third kappa shape index (κ3) is 2.53. The Bertz CT molecular complexity index is 563. The molecule has 0 radical (unpaired) electrons. The summed E-state index contributed by atoms with van der Waals surface area (Å²) in [6, 6.07) is -0.215. The quantitative estimate of drug-likeness (QED) is 0.845. The summed E-state index contributed by atoms with van der Waals surface area (Å²) in [7, 11) is 0. The Kier molecular flexibility index (Phi) is 3.67. The second-order valence-electron chi connectivity index (χ2n) is 5.76. The summed E-state index contributed by atoms with van der Waals surface area (Å²) in [6.45, 7) is 4.80. The van der Waals surface area contributed by atoms with Crippen LogP contribution in [0.5, 0.6) is 0 Å². The van der Waals surface area contributed by atoms with Crippen molar-refractivity contribution in [3.8, 4) is 0 Å². The Morgan fingerprint density at radius 2 is 2.00 bits per heavy atom. The molecule has 1 fully saturated rings. The van der Waals surface area contributed by atoms with Gasteiger partial charge in [-0.2, -0.15) is 5.10 Å². The molecule has 0 aromatic carbocycles. The molecule has 1 saturated heterocycles. The van der Waals surface area contributed by atoms with Gasteiger partial charge in [-0.05, 0) is 19.8 Å². The van der Waals surface area contributed by atoms with Gasteiger partial charge in [0.05, 0.1) is 6.04 Å². The summed E-state index contributed by atoms with van der Waals surface area (Å²) in [6.07, 6.45) is 2.86. The van der Waals surface area contributed by atoms with E-state index in [1.807, 2.05) is 16.7 Å². The molecule has 0 aliphatic carbocycles. The number of hydrogen-bond donors (Lipinski definition) is 2. The normalized spacial score (nSPS) is 20.3. The van der Waals surface area contributed by atoms with Crippen molar-refractivity contribution in [1.29, 1.82) is 0 Å². The number of aromatic amines is 1. The molecule has 1 aromatic heterocycles. The maximum absolute atomic E-state index is 12.5. The number of aromatic carboxylic acids is 1. The van der Waals surface area contributed by atoms with Crippen LogP contribution in [0.4, 0.5) is 0 Å². The van der Waals surface area contributed by atoms with Gasteiger partial charge in [-0.25, -0.2) is 4.79 Å². The maximum Gasteiger partial charge on any atom is 0.356 e. The molecule has 2 aliphatic heterocycles. The van der Waals surface area contributed by atoms with Crippen LogP contribution in [0.2, 0.25) is 0 Å². The fraction of sp³-hybridized carbons (Fsp3) is 0.643. The van der Waals surface area contributed by atoms with Gasteiger partial charge in [0.2, 0.25) is 5.91 Å². The zero-order valence-corrected chi connectivity index (χ0v) is 12.1. The van der Waals surface area contributed by atoms with E-state index < -0.39 is 5.97 Å². The maximum atomic E-state index is 12.5. The predicted octanol–water partition coefficient (Wildman–Crippen LogP) is 0.477. The minimum atomic E-state index is -1.02. The van der Waals surface area contributed by atoms with Gasteiger partial charge in [0, 0.05) is 43.9 Å². The fourth-order valence-electron chi connectivity index (χ4n) is 3.18. The van der Waals surface area contributed by atoms with Gasteiger partial charge in [-0.15, -0.1) is 0 Å². The minimum Gasteiger partial charge on any atom is -0.476 e. The predicted molar refractivity (Wildman–Crippen MR) is 74.9 cm³/mol. The van der Waals surface area contributed by atoms with E-state index in [1.54, 1.807) is 0 Å². The SMILES string of the molecule is C[C@H](C(=O)N1CCCC1)N1CCc2[nH]nc(C(=O)O)c2C1. The molecule has 1 atom stereocenters. The number of carboxylic acids is 1. The summed E-state index contributed by atoms with van der Waals surface area (Å²) in [5, 5.41) is 15.8. The van der Waals surface area contributed by atoms with E-state index in [-0.39, 0.29) is 17.6 Å². The number of carbonyl (C=O) groups excluding carboxylic acids is 1. The molecule has 114 valence electrons. The number of amides is 1. The molecule has 2 N–H and O–H groups in total. The number of carbonyl (C=O) groups is 2. The van der Waals surface area contributed by atoms with Crippen LogP contribution < -0.4 is 0 Å². The molecule has 3 rings (SSSR count). The first-order chi connectivity index (χ1) is 10.1. The van der Waals surface area contributed by atoms with Gasteiger partial charge in [-0.1, -0.05) is 0 Å². The summed E-state index contributed by atoms with van der Waals surface area (Å²) in [5.41, 5.74) is 1.68. The molecule has 1 aromatic rings. The number of likely N-dealkylation sites (tertiary alicyclic amines) is 1. The zero-order valence-electron chi connectivity index (χ0n) is 12.1. The monoisotopic (exact) mass is 292 g/mol. The van der Waals surface area contributed by atoms with Crippen LogP contribution in [0, 0.1) is 0 Å². The number of hydrogen-bond acceptors (Lipinski definition) is 4. The Morgan fingerprint density at radius 1 is 1.29 bits per heavy atom. The van der Waals surface area contributed by atoms with E-state index in [9.17, 15) is 9.59 Å². The largest absolute Gasteiger partial charge is 0.476 e. The molecule has 0 saturated carbocycles. The highest BCUT2D eigenvalue weighted by Crippen LogP contribution is 2.23. The standard InChI is InChI=1S/C14H20N4O3/c1-9(13(19)17-5-2-3-6-17)18-7-4-11-10(8-18)12(14(20)21)16-15-11/h9H,2-8H2,1H3,(H,15,16)(H,20,21)/t9-/m1/s1. The molecule has 21 heavy (non-hydrogen) atoms. The fourth-order valence-corrected chi connectivity index (χ4v) is 3.18. The molecule has 3 heterocycles. The van der Waals surface area contributed by atoms with Crippen LogP contribution >= 0.6 is 0 Å². The lowest BCUT2D eigenvalue weighted by Crippen LogP contribution is -2.48. The molecular formula is C14H20N4O3. The van der Waals surface area contributed by atoms with Crippen LogP contribution in [-0.4, -0.2) is 62.7 Å². The van der Waals surface area contributed by atoms with Crippen molar-refractivity contribution in [2.24, 2.45) is 0 Å². The second kappa shape index (κ2) is 5.48. The first kappa shape index (κ1) is 14.1. The lowest BCUT2D eigenvalue weighted by atomic mass is 10.0. The number of carboxylic acid groups (broad SMARTS) is 1. The van der Waals surface area contributed by atoms with E-state index in [1.165, 1.54) is 0 Å². The average molecular weight is 292 g/mol. The number of aromatic nitrogens is 2. The number of fused-ring (bicyclic) bond motifs is 1. The summed E-state index contributed by atoms with van der Waals surface area (Å²) in [4.78, 5) is 27.6. The van der Waals surface area contributed by atoms with E-state index >= 15 is 0 Å². The van der Waals surface area contributed by atoms with Crippen molar-refractivity contribution < 1.29 is 14.7 Å². The molecular weight excluding hydrogens is 272 g/mol. The zero-order chi connectivity index (χ0) is 15.0. The Morgan fingerprint density at radius 3 is 2.67 bits per heavy atom. The highest BCUT2D eigenvalue weighted by molar-refractivity contribution is 5.87. The lowest BCUT2D eigenvalue weighted by Gasteiger charge is -2.33. The smallest absolute Gasteiger partial charge is 0.356 e. The molecule has 1 amide bonds. The Hall–Kier alpha value is -1.89. The highest BCUT2D eigenvalue weighted by atomic mass is 16.4. The summed E-state index contributed by atoms with van der Waals surface area (Å²) in [5.74, 6) is -0.871. The Labute approximate surface area is 122 Å². The van der Waals surface area contributed by atoms with Gasteiger partial charge in [0.15, 0.2) is 5.69 Å². The number of nitrogens with zero attached hydrogens (tertiary/aromatic N) is 3. The van der Waals surface area contributed by atoms with Gasteiger partial charge in [0.25, 0.3) is 0 Å². The first-order valence-electron chi connectivity index (χ1n) is 7.40. The third-order valence-electron chi connectivity index (χ3n) is 4.49. The Balaban J connectivity index is 1.74. The number of H-pyrrole nitrogens is 1. The second-order valence-corrected chi connectivity index (χ2v) is 5.76. The van der Waals surface area contributed by atoms with Gasteiger partial charge >= 0.3 is 5.97 Å². The van der Waals surface area contributed by atoms with Crippen LogP contribution in [0.1, 0.15) is 41.5 Å². The first-order valence-corrected chi connectivity index (χ1v) is 7.40. The van der Waals surface area contributed by atoms with Crippen LogP contribution in [0.3, 0.4) is 0 Å². The van der Waals surface area contributed by atoms with Crippen molar-refractivity contribution >= 4 is 11.9 Å². The molecule has 0 bridgehead atoms. The van der Waals surface area contributed by atoms with Crippen LogP contribution in [-0.2, 0) is 17.8 Å². The molecule has 7 heteroatoms. The summed E-state index contributed by atoms with van der Waals surface area (Å²) < 4.78 is 0. The average Bonchev–Trinajstić information content (AvgIpc) is 3.13. The highest BCUT2D eigenvalue weighted by Gasteiger charge is 2.32. The van der Waals surface area contributed by atoms with Crippen molar-refractivity contribution in [3.63, 3.8) is 0 Å². The minimum absolute atomic E-state index is 0.0792. The number of rotatable bonds is 3. The molecule has 7 nitrogen and oxygen atoms in total. The topological polar surface area (TPSA) is 89.5 Å². The van der Waals surface area contributed by atoms with E-state index in [0.29, 0.717) is 13.0 Å². The molecule has 0 spiro atoms. The number of nitrogens with one attached hydrogen (secondary N) is 1. The van der Waals surface area contributed by atoms with Gasteiger partial charge in [-0.3, -0.25) is 14.8 Å². The van der Waals surface area contributed by atoms with Crippen molar-refractivity contribution in [3.05, 3.63) is 17.0 Å². The third-order valence-corrected chi connectivity index (χ3v) is 4.49. The summed E-state index contributed by atoms with van der Waals surface area (Å²) >= 11 is 0. The van der Waals surface area contributed by atoms with E-state index in [4.69, 9.17) is 5.11 Å². The van der Waals surface area contributed by atoms with Gasteiger partial charge < -0.3 is 10.0 Å². The van der Waals surface area contributed by atoms with Crippen molar-refractivity contribution in [1.82, 2.24) is 20.0 Å². The van der Waals surface area contributed by atoms with E-state index in [0.717, 1.165) is 43.7 Å². The van der Waals surface area contributed by atoms with Crippen molar-refractivity contribution in [2.45, 2.75) is 38.8 Å². The van der Waals surface area contributed by atoms with Crippen LogP contribution in [0.15, 0.2) is 0 Å². The molecule has 0 unspecified atom stereocenters. The lowest BCUT2D eigenvalue weighted by molar-refractivity contribution is -0.135. The van der Waals surface area contributed by atoms with Crippen LogP contribution in [0.25, 0.3) is 0 Å². The molecule has 2 aliphatic rings.